The molecule has 4 nitrogen and oxygen atoms in total. The zero-order chi connectivity index (χ0) is 11.8. The summed E-state index contributed by atoms with van der Waals surface area (Å²) in [5, 5.41) is 8.58. The first-order chi connectivity index (χ1) is 7.54. The first kappa shape index (κ1) is 11.8. The van der Waals surface area contributed by atoms with Gasteiger partial charge in [-0.3, -0.25) is 0 Å². The Hall–Kier alpha value is -0.690. The molecule has 1 fully saturated rings. The van der Waals surface area contributed by atoms with Crippen LogP contribution in [0.5, 0.6) is 0 Å². The molecule has 0 amide bonds. The number of thioether (sulfide) groups is 1. The van der Waals surface area contributed by atoms with E-state index >= 15 is 0 Å². The Kier molecular flexibility index (Phi) is 3.16. The third kappa shape index (κ3) is 2.35. The van der Waals surface area contributed by atoms with Gasteiger partial charge in [-0.15, -0.1) is 10.2 Å². The third-order valence-corrected chi connectivity index (χ3v) is 3.81. The molecule has 0 radical (unpaired) electrons. The molecule has 1 unspecified atom stereocenters. The van der Waals surface area contributed by atoms with Crippen LogP contribution in [0.3, 0.4) is 0 Å². The van der Waals surface area contributed by atoms with Crippen molar-refractivity contribution in [2.75, 3.05) is 5.75 Å². The van der Waals surface area contributed by atoms with E-state index in [0.29, 0.717) is 24.5 Å². The van der Waals surface area contributed by atoms with Gasteiger partial charge in [0.25, 0.3) is 5.92 Å². The highest BCUT2D eigenvalue weighted by Gasteiger charge is 2.55. The van der Waals surface area contributed by atoms with Crippen molar-refractivity contribution in [3.05, 3.63) is 5.82 Å². The van der Waals surface area contributed by atoms with Crippen LogP contribution >= 0.6 is 11.8 Å². The lowest BCUT2D eigenvalue weighted by atomic mass is 10.3. The number of hydrogen-bond donors (Lipinski definition) is 1. The first-order valence-corrected chi connectivity index (χ1v) is 6.12. The van der Waals surface area contributed by atoms with Crippen molar-refractivity contribution in [1.82, 2.24) is 14.8 Å². The summed E-state index contributed by atoms with van der Waals surface area (Å²) < 4.78 is 27.0. The van der Waals surface area contributed by atoms with Crippen LogP contribution in [0.25, 0.3) is 0 Å². The molecule has 1 heterocycles. The zero-order valence-corrected chi connectivity index (χ0v) is 9.81. The largest absolute Gasteiger partial charge is 0.324 e. The van der Waals surface area contributed by atoms with Gasteiger partial charge in [-0.1, -0.05) is 11.8 Å². The fourth-order valence-corrected chi connectivity index (χ4v) is 2.51. The molecule has 16 heavy (non-hydrogen) atoms. The number of rotatable bonds is 5. The van der Waals surface area contributed by atoms with Gasteiger partial charge in [0.05, 0.1) is 6.54 Å². The molecular weight excluding hydrogens is 234 g/mol. The van der Waals surface area contributed by atoms with Crippen LogP contribution < -0.4 is 5.73 Å². The van der Waals surface area contributed by atoms with Crippen molar-refractivity contribution in [2.24, 2.45) is 18.7 Å². The van der Waals surface area contributed by atoms with Gasteiger partial charge in [-0.2, -0.15) is 0 Å². The van der Waals surface area contributed by atoms with E-state index in [-0.39, 0.29) is 6.42 Å². The highest BCUT2D eigenvalue weighted by atomic mass is 32.2. The van der Waals surface area contributed by atoms with Crippen LogP contribution in [-0.4, -0.2) is 26.4 Å². The summed E-state index contributed by atoms with van der Waals surface area (Å²) in [7, 11) is 1.83. The van der Waals surface area contributed by atoms with E-state index < -0.39 is 11.8 Å². The second-order valence-corrected chi connectivity index (χ2v) is 5.02. The highest BCUT2D eigenvalue weighted by molar-refractivity contribution is 7.99. The van der Waals surface area contributed by atoms with E-state index in [1.54, 1.807) is 4.57 Å². The quantitative estimate of drug-likeness (QED) is 0.800. The van der Waals surface area contributed by atoms with Gasteiger partial charge in [-0.05, 0) is 6.42 Å². The number of nitrogens with two attached hydrogens (primary N) is 1. The van der Waals surface area contributed by atoms with Gasteiger partial charge in [-0.25, -0.2) is 8.78 Å². The minimum atomic E-state index is -2.41. The summed E-state index contributed by atoms with van der Waals surface area (Å²) in [6.45, 7) is 0.338. The van der Waals surface area contributed by atoms with Gasteiger partial charge in [0.1, 0.15) is 5.82 Å². The number of nitrogens with zero attached hydrogens (tertiary/aromatic N) is 3. The molecule has 1 aliphatic rings. The standard InChI is InChI=1S/C9H14F2N4S/c1-15-7(5-12)13-14-8(15)16-3-2-6-4-9(6,10)11/h6H,2-5,12H2,1H3. The van der Waals surface area contributed by atoms with E-state index in [0.717, 1.165) is 5.16 Å². The van der Waals surface area contributed by atoms with E-state index in [1.807, 2.05) is 7.05 Å². The highest BCUT2D eigenvalue weighted by Crippen LogP contribution is 2.51. The smallest absolute Gasteiger partial charge is 0.251 e. The second-order valence-electron chi connectivity index (χ2n) is 3.96. The first-order valence-electron chi connectivity index (χ1n) is 5.13. The fourth-order valence-electron chi connectivity index (χ4n) is 1.52. The molecule has 1 aromatic rings. The maximum absolute atomic E-state index is 12.6. The summed E-state index contributed by atoms with van der Waals surface area (Å²) in [6.07, 6.45) is 0.572. The number of aromatic nitrogens is 3. The normalized spacial score (nSPS) is 22.4. The van der Waals surface area contributed by atoms with Gasteiger partial charge >= 0.3 is 0 Å². The van der Waals surface area contributed by atoms with Gasteiger partial charge in [0, 0.05) is 25.1 Å². The molecule has 7 heteroatoms. The Labute approximate surface area is 96.6 Å². The van der Waals surface area contributed by atoms with Crippen LogP contribution in [0.2, 0.25) is 0 Å². The Morgan fingerprint density at radius 3 is 2.75 bits per heavy atom. The van der Waals surface area contributed by atoms with E-state index in [1.165, 1.54) is 11.8 Å². The van der Waals surface area contributed by atoms with Crippen LogP contribution in [0.1, 0.15) is 18.7 Å². The lowest BCUT2D eigenvalue weighted by Crippen LogP contribution is -2.05. The van der Waals surface area contributed by atoms with E-state index in [2.05, 4.69) is 10.2 Å². The fraction of sp³-hybridized carbons (Fsp3) is 0.778. The van der Waals surface area contributed by atoms with Crippen LogP contribution in [0.4, 0.5) is 8.78 Å². The second kappa shape index (κ2) is 4.29. The summed E-state index contributed by atoms with van der Waals surface area (Å²) in [4.78, 5) is 0. The van der Waals surface area contributed by atoms with Crippen LogP contribution in [0.15, 0.2) is 5.16 Å². The zero-order valence-electron chi connectivity index (χ0n) is 8.99. The van der Waals surface area contributed by atoms with E-state index in [9.17, 15) is 8.78 Å². The van der Waals surface area contributed by atoms with Gasteiger partial charge in [0.2, 0.25) is 0 Å². The predicted molar refractivity (Wildman–Crippen MR) is 57.3 cm³/mol. The molecule has 0 bridgehead atoms. The Morgan fingerprint density at radius 1 is 1.56 bits per heavy atom. The Morgan fingerprint density at radius 2 is 2.25 bits per heavy atom. The lowest BCUT2D eigenvalue weighted by Gasteiger charge is -2.01. The maximum Gasteiger partial charge on any atom is 0.251 e. The van der Waals surface area contributed by atoms with Crippen molar-refractivity contribution in [3.63, 3.8) is 0 Å². The average molecular weight is 248 g/mol. The number of hydrogen-bond acceptors (Lipinski definition) is 4. The topological polar surface area (TPSA) is 56.7 Å². The van der Waals surface area contributed by atoms with Crippen molar-refractivity contribution in [1.29, 1.82) is 0 Å². The minimum absolute atomic E-state index is 0.0421. The summed E-state index contributed by atoms with van der Waals surface area (Å²) in [5.74, 6) is -1.49. The molecule has 0 aliphatic heterocycles. The summed E-state index contributed by atoms with van der Waals surface area (Å²) in [5.41, 5.74) is 5.45. The molecule has 1 saturated carbocycles. The van der Waals surface area contributed by atoms with Gasteiger partial charge in [0.15, 0.2) is 5.16 Å². The molecule has 2 rings (SSSR count). The molecule has 90 valence electrons. The van der Waals surface area contributed by atoms with E-state index in [4.69, 9.17) is 5.73 Å². The monoisotopic (exact) mass is 248 g/mol. The number of halogens is 2. The Bertz CT molecular complexity index is 380. The van der Waals surface area contributed by atoms with Crippen molar-refractivity contribution < 1.29 is 8.78 Å². The van der Waals surface area contributed by atoms with Crippen molar-refractivity contribution >= 4 is 11.8 Å². The van der Waals surface area contributed by atoms with Crippen molar-refractivity contribution in [3.8, 4) is 0 Å². The van der Waals surface area contributed by atoms with Crippen LogP contribution in [-0.2, 0) is 13.6 Å². The molecule has 0 aromatic carbocycles. The predicted octanol–water partition coefficient (Wildman–Crippen LogP) is 1.41. The molecule has 0 saturated heterocycles. The number of alkyl halides is 2. The molecule has 1 aromatic heterocycles. The molecular formula is C9H14F2N4S. The van der Waals surface area contributed by atoms with Gasteiger partial charge < -0.3 is 10.3 Å². The summed E-state index contributed by atoms with van der Waals surface area (Å²) in [6, 6.07) is 0. The molecule has 1 atom stereocenters. The average Bonchev–Trinajstić information content (AvgIpc) is 2.68. The Balaban J connectivity index is 1.79. The minimum Gasteiger partial charge on any atom is -0.324 e. The molecule has 0 spiro atoms. The summed E-state index contributed by atoms with van der Waals surface area (Å²) >= 11 is 1.45. The van der Waals surface area contributed by atoms with Crippen LogP contribution in [0, 0.1) is 5.92 Å². The molecule has 1 aliphatic carbocycles. The molecule has 2 N–H and O–H groups in total. The maximum atomic E-state index is 12.6. The third-order valence-electron chi connectivity index (χ3n) is 2.76. The SMILES string of the molecule is Cn1c(CN)nnc1SCCC1CC1(F)F. The van der Waals surface area contributed by atoms with Crippen molar-refractivity contribution in [2.45, 2.75) is 30.5 Å². The lowest BCUT2D eigenvalue weighted by molar-refractivity contribution is 0.0983.